The van der Waals surface area contributed by atoms with Crippen molar-refractivity contribution in [1.82, 2.24) is 25.4 Å². The summed E-state index contributed by atoms with van der Waals surface area (Å²) in [5, 5.41) is 14.5. The van der Waals surface area contributed by atoms with Gasteiger partial charge in [-0.2, -0.15) is 0 Å². The number of aliphatic imine (C=N–C) groups is 1. The fourth-order valence-electron chi connectivity index (χ4n) is 3.35. The zero-order chi connectivity index (χ0) is 18.9. The van der Waals surface area contributed by atoms with Crippen molar-refractivity contribution >= 4 is 11.6 Å². The number of piperidine rings is 1. The molecule has 1 aliphatic heterocycles. The second kappa shape index (κ2) is 9.89. The maximum absolute atomic E-state index is 13.5. The van der Waals surface area contributed by atoms with Crippen LogP contribution in [0.1, 0.15) is 25.7 Å². The van der Waals surface area contributed by atoms with Gasteiger partial charge in [-0.15, -0.1) is 10.2 Å². The van der Waals surface area contributed by atoms with Crippen LogP contribution in [0.25, 0.3) is 0 Å². The number of rotatable bonds is 7. The normalized spacial score (nSPS) is 17.8. The zero-order valence-electron chi connectivity index (χ0n) is 15.8. The van der Waals surface area contributed by atoms with Crippen LogP contribution in [0.4, 0.5) is 10.1 Å². The molecule has 7 nitrogen and oxygen atoms in total. The van der Waals surface area contributed by atoms with E-state index in [0.29, 0.717) is 6.04 Å². The van der Waals surface area contributed by atoms with Gasteiger partial charge in [0, 0.05) is 45.0 Å². The molecule has 0 aliphatic carbocycles. The first-order chi connectivity index (χ1) is 13.2. The summed E-state index contributed by atoms with van der Waals surface area (Å²) in [7, 11) is 1.79. The molecular formula is C19H28FN7. The molecule has 27 heavy (non-hydrogen) atoms. The van der Waals surface area contributed by atoms with Crippen LogP contribution < -0.4 is 15.5 Å². The second-order valence-corrected chi connectivity index (χ2v) is 6.82. The third-order valence-corrected chi connectivity index (χ3v) is 4.76. The quantitative estimate of drug-likeness (QED) is 0.442. The van der Waals surface area contributed by atoms with Crippen LogP contribution in [0, 0.1) is 5.82 Å². The lowest BCUT2D eigenvalue weighted by Crippen LogP contribution is -2.51. The minimum atomic E-state index is -0.188. The molecule has 1 aliphatic rings. The highest BCUT2D eigenvalue weighted by Gasteiger charge is 2.21. The van der Waals surface area contributed by atoms with E-state index < -0.39 is 0 Å². The van der Waals surface area contributed by atoms with Gasteiger partial charge in [-0.05, 0) is 43.9 Å². The van der Waals surface area contributed by atoms with Gasteiger partial charge >= 0.3 is 0 Å². The Morgan fingerprint density at radius 1 is 1.30 bits per heavy atom. The van der Waals surface area contributed by atoms with Gasteiger partial charge in [0.05, 0.1) is 0 Å². The van der Waals surface area contributed by atoms with Crippen molar-refractivity contribution < 1.29 is 4.39 Å². The SMILES string of the molecule is CN=C(NCCCCn1cnnc1)NC1CCCN(c2cccc(F)c2)C1. The average Bonchev–Trinajstić information content (AvgIpc) is 3.20. The van der Waals surface area contributed by atoms with Crippen molar-refractivity contribution in [3.63, 3.8) is 0 Å². The molecule has 3 rings (SSSR count). The Hall–Kier alpha value is -2.64. The van der Waals surface area contributed by atoms with Crippen molar-refractivity contribution in [2.75, 3.05) is 31.6 Å². The summed E-state index contributed by atoms with van der Waals surface area (Å²) < 4.78 is 15.5. The highest BCUT2D eigenvalue weighted by Crippen LogP contribution is 2.20. The van der Waals surface area contributed by atoms with Crippen molar-refractivity contribution in [2.45, 2.75) is 38.3 Å². The highest BCUT2D eigenvalue weighted by atomic mass is 19.1. The van der Waals surface area contributed by atoms with Crippen molar-refractivity contribution in [2.24, 2.45) is 4.99 Å². The molecule has 1 fully saturated rings. The lowest BCUT2D eigenvalue weighted by Gasteiger charge is -2.35. The Balaban J connectivity index is 1.40. The average molecular weight is 373 g/mol. The predicted octanol–water partition coefficient (Wildman–Crippen LogP) is 2.03. The fraction of sp³-hybridized carbons (Fsp3) is 0.526. The second-order valence-electron chi connectivity index (χ2n) is 6.82. The van der Waals surface area contributed by atoms with E-state index in [4.69, 9.17) is 0 Å². The van der Waals surface area contributed by atoms with Gasteiger partial charge in [0.1, 0.15) is 18.5 Å². The largest absolute Gasteiger partial charge is 0.369 e. The number of aryl methyl sites for hydroxylation is 1. The van der Waals surface area contributed by atoms with E-state index in [1.165, 1.54) is 6.07 Å². The molecule has 2 heterocycles. The summed E-state index contributed by atoms with van der Waals surface area (Å²) in [5.74, 6) is 0.636. The van der Waals surface area contributed by atoms with E-state index in [-0.39, 0.29) is 5.82 Å². The highest BCUT2D eigenvalue weighted by molar-refractivity contribution is 5.80. The maximum atomic E-state index is 13.5. The van der Waals surface area contributed by atoms with Crippen molar-refractivity contribution in [3.8, 4) is 0 Å². The van der Waals surface area contributed by atoms with Gasteiger partial charge in [0.25, 0.3) is 0 Å². The zero-order valence-corrected chi connectivity index (χ0v) is 15.8. The van der Waals surface area contributed by atoms with Crippen molar-refractivity contribution in [1.29, 1.82) is 0 Å². The Morgan fingerprint density at radius 2 is 2.15 bits per heavy atom. The van der Waals surface area contributed by atoms with Crippen LogP contribution >= 0.6 is 0 Å². The molecule has 1 atom stereocenters. The van der Waals surface area contributed by atoms with Crippen LogP contribution in [-0.4, -0.2) is 53.4 Å². The van der Waals surface area contributed by atoms with Crippen LogP contribution in [0.3, 0.4) is 0 Å². The van der Waals surface area contributed by atoms with Gasteiger partial charge in [-0.3, -0.25) is 4.99 Å². The molecule has 2 aromatic rings. The van der Waals surface area contributed by atoms with E-state index in [9.17, 15) is 4.39 Å². The number of nitrogens with one attached hydrogen (secondary N) is 2. The first-order valence-electron chi connectivity index (χ1n) is 9.54. The number of anilines is 1. The van der Waals surface area contributed by atoms with Crippen LogP contribution in [0.15, 0.2) is 41.9 Å². The number of unbranched alkanes of at least 4 members (excludes halogenated alkanes) is 1. The monoisotopic (exact) mass is 373 g/mol. The van der Waals surface area contributed by atoms with Crippen LogP contribution in [-0.2, 0) is 6.54 Å². The summed E-state index contributed by atoms with van der Waals surface area (Å²) in [6.45, 7) is 3.59. The summed E-state index contributed by atoms with van der Waals surface area (Å²) in [6, 6.07) is 7.12. The van der Waals surface area contributed by atoms with E-state index >= 15 is 0 Å². The molecule has 0 spiro atoms. The number of aromatic nitrogens is 3. The molecule has 1 saturated heterocycles. The molecule has 146 valence electrons. The fourth-order valence-corrected chi connectivity index (χ4v) is 3.35. The third kappa shape index (κ3) is 5.94. The van der Waals surface area contributed by atoms with Gasteiger partial charge in [0.15, 0.2) is 5.96 Å². The predicted molar refractivity (Wildman–Crippen MR) is 105 cm³/mol. The Bertz CT molecular complexity index is 717. The molecule has 1 aromatic heterocycles. The summed E-state index contributed by atoms with van der Waals surface area (Å²) in [4.78, 5) is 6.57. The number of nitrogens with zero attached hydrogens (tertiary/aromatic N) is 5. The van der Waals surface area contributed by atoms with Gasteiger partial charge in [-0.1, -0.05) is 6.07 Å². The number of halogens is 1. The molecule has 0 bridgehead atoms. The molecular weight excluding hydrogens is 345 g/mol. The summed E-state index contributed by atoms with van der Waals surface area (Å²) in [5.41, 5.74) is 0.943. The summed E-state index contributed by atoms with van der Waals surface area (Å²) >= 11 is 0. The number of benzene rings is 1. The van der Waals surface area contributed by atoms with E-state index in [0.717, 1.165) is 63.5 Å². The van der Waals surface area contributed by atoms with Crippen molar-refractivity contribution in [3.05, 3.63) is 42.7 Å². The molecule has 1 unspecified atom stereocenters. The first kappa shape index (κ1) is 19.1. The van der Waals surface area contributed by atoms with Gasteiger partial charge in [0.2, 0.25) is 0 Å². The minimum Gasteiger partial charge on any atom is -0.369 e. The minimum absolute atomic E-state index is 0.188. The molecule has 1 aromatic carbocycles. The Kier molecular flexibility index (Phi) is 7.01. The van der Waals surface area contributed by atoms with E-state index in [1.807, 2.05) is 10.6 Å². The van der Waals surface area contributed by atoms with Crippen LogP contribution in [0.2, 0.25) is 0 Å². The Morgan fingerprint density at radius 3 is 2.93 bits per heavy atom. The summed E-state index contributed by atoms with van der Waals surface area (Å²) in [6.07, 6.45) is 7.73. The van der Waals surface area contributed by atoms with E-state index in [1.54, 1.807) is 31.8 Å². The maximum Gasteiger partial charge on any atom is 0.191 e. The van der Waals surface area contributed by atoms with Gasteiger partial charge < -0.3 is 20.1 Å². The number of guanidine groups is 1. The van der Waals surface area contributed by atoms with E-state index in [2.05, 4.69) is 30.7 Å². The smallest absolute Gasteiger partial charge is 0.191 e. The third-order valence-electron chi connectivity index (χ3n) is 4.76. The number of hydrogen-bond acceptors (Lipinski definition) is 4. The topological polar surface area (TPSA) is 70.4 Å². The van der Waals surface area contributed by atoms with Gasteiger partial charge in [-0.25, -0.2) is 4.39 Å². The molecule has 2 N–H and O–H groups in total. The lowest BCUT2D eigenvalue weighted by molar-refractivity contribution is 0.466. The Labute approximate surface area is 159 Å². The lowest BCUT2D eigenvalue weighted by atomic mass is 10.0. The molecule has 8 heteroatoms. The molecule has 0 radical (unpaired) electrons. The molecule has 0 saturated carbocycles. The number of hydrogen-bond donors (Lipinski definition) is 2. The first-order valence-corrected chi connectivity index (χ1v) is 9.54. The molecule has 0 amide bonds. The van der Waals surface area contributed by atoms with Crippen LogP contribution in [0.5, 0.6) is 0 Å². The standard InChI is InChI=1S/C19H28FN7/c1-21-19(22-9-2-3-10-26-14-23-24-15-26)25-17-7-5-11-27(13-17)18-8-4-6-16(20)12-18/h4,6,8,12,14-15,17H,2-3,5,7,9-11,13H2,1H3,(H2,21,22,25).